The molecule has 0 atom stereocenters. The van der Waals surface area contributed by atoms with Crippen LogP contribution in [-0.2, 0) is 12.8 Å². The van der Waals surface area contributed by atoms with E-state index in [4.69, 9.17) is 0 Å². The number of phenolic OH excluding ortho intramolecular Hbond substituents is 2. The molecule has 1 aliphatic carbocycles. The molecule has 3 aromatic carbocycles. The fourth-order valence-corrected chi connectivity index (χ4v) is 3.37. The van der Waals surface area contributed by atoms with Crippen molar-refractivity contribution in [3.8, 4) is 11.5 Å². The van der Waals surface area contributed by atoms with Crippen LogP contribution in [0.15, 0.2) is 66.7 Å². The van der Waals surface area contributed by atoms with Crippen LogP contribution in [0.3, 0.4) is 0 Å². The van der Waals surface area contributed by atoms with Gasteiger partial charge in [-0.3, -0.25) is 0 Å². The van der Waals surface area contributed by atoms with E-state index in [0.29, 0.717) is 0 Å². The van der Waals surface area contributed by atoms with Crippen LogP contribution in [0.2, 0.25) is 0 Å². The summed E-state index contributed by atoms with van der Waals surface area (Å²) in [4.78, 5) is 0. The lowest BCUT2D eigenvalue weighted by Crippen LogP contribution is -1.92. The summed E-state index contributed by atoms with van der Waals surface area (Å²) >= 11 is 0. The molecule has 2 nitrogen and oxygen atoms in total. The standard InChI is InChI=1S/C22H18O2/c23-21-12-9-15(14-22(21)24)13-20-18-7-3-1-5-16(18)10-11-17-6-2-4-8-19(17)20/h1-9,12-14,23-24H,10-11H2. The normalized spacial score (nSPS) is 12.9. The fraction of sp³-hybridized carbons (Fsp3) is 0.0909. The third-order valence-electron chi connectivity index (χ3n) is 4.59. The van der Waals surface area contributed by atoms with Crippen molar-refractivity contribution in [3.63, 3.8) is 0 Å². The molecule has 0 aliphatic heterocycles. The molecule has 0 heterocycles. The highest BCUT2D eigenvalue weighted by Crippen LogP contribution is 2.35. The molecule has 0 bridgehead atoms. The maximum absolute atomic E-state index is 9.80. The Morgan fingerprint density at radius 3 is 1.83 bits per heavy atom. The lowest BCUT2D eigenvalue weighted by Gasteiger charge is -2.12. The second-order valence-corrected chi connectivity index (χ2v) is 6.12. The maximum Gasteiger partial charge on any atom is 0.157 e. The Bertz CT molecular complexity index is 889. The average Bonchev–Trinajstić information content (AvgIpc) is 2.76. The number of aryl methyl sites for hydroxylation is 2. The zero-order chi connectivity index (χ0) is 16.5. The predicted molar refractivity (Wildman–Crippen MR) is 97.0 cm³/mol. The highest BCUT2D eigenvalue weighted by Gasteiger charge is 2.17. The van der Waals surface area contributed by atoms with E-state index < -0.39 is 0 Å². The van der Waals surface area contributed by atoms with Crippen LogP contribution in [-0.4, -0.2) is 10.2 Å². The molecule has 3 aromatic rings. The molecule has 0 spiro atoms. The first kappa shape index (κ1) is 14.6. The van der Waals surface area contributed by atoms with Gasteiger partial charge >= 0.3 is 0 Å². The second kappa shape index (κ2) is 5.89. The Morgan fingerprint density at radius 1 is 0.667 bits per heavy atom. The highest BCUT2D eigenvalue weighted by molar-refractivity contribution is 5.94. The molecule has 1 aliphatic rings. The number of benzene rings is 3. The Kier molecular flexibility index (Phi) is 3.58. The average molecular weight is 314 g/mol. The smallest absolute Gasteiger partial charge is 0.157 e. The van der Waals surface area contributed by atoms with E-state index in [9.17, 15) is 10.2 Å². The SMILES string of the molecule is Oc1ccc(C=C2c3ccccc3CCc3ccccc32)cc1O. The molecule has 2 N–H and O–H groups in total. The van der Waals surface area contributed by atoms with Gasteiger partial charge in [0, 0.05) is 0 Å². The lowest BCUT2D eigenvalue weighted by atomic mass is 9.92. The monoisotopic (exact) mass is 314 g/mol. The molecular formula is C22H18O2. The van der Waals surface area contributed by atoms with Crippen LogP contribution < -0.4 is 0 Å². The summed E-state index contributed by atoms with van der Waals surface area (Å²) in [5.74, 6) is -0.196. The summed E-state index contributed by atoms with van der Waals surface area (Å²) in [6.45, 7) is 0. The molecule has 4 rings (SSSR count). The van der Waals surface area contributed by atoms with Crippen molar-refractivity contribution in [2.75, 3.05) is 0 Å². The van der Waals surface area contributed by atoms with E-state index in [2.05, 4.69) is 54.6 Å². The minimum absolute atomic E-state index is 0.0976. The van der Waals surface area contributed by atoms with Crippen LogP contribution >= 0.6 is 0 Å². The molecule has 118 valence electrons. The van der Waals surface area contributed by atoms with Gasteiger partial charge in [-0.25, -0.2) is 0 Å². The Morgan fingerprint density at radius 2 is 1.25 bits per heavy atom. The number of aromatic hydroxyl groups is 2. The van der Waals surface area contributed by atoms with Gasteiger partial charge in [-0.05, 0) is 64.4 Å². The van der Waals surface area contributed by atoms with Gasteiger partial charge in [-0.2, -0.15) is 0 Å². The van der Waals surface area contributed by atoms with Crippen molar-refractivity contribution in [1.29, 1.82) is 0 Å². The molecular weight excluding hydrogens is 296 g/mol. The number of fused-ring (bicyclic) bond motifs is 2. The van der Waals surface area contributed by atoms with Gasteiger partial charge in [0.1, 0.15) is 0 Å². The third kappa shape index (κ3) is 2.56. The first-order chi connectivity index (χ1) is 11.7. The van der Waals surface area contributed by atoms with Crippen molar-refractivity contribution in [3.05, 3.63) is 94.5 Å². The van der Waals surface area contributed by atoms with Crippen molar-refractivity contribution in [2.24, 2.45) is 0 Å². The van der Waals surface area contributed by atoms with Crippen molar-refractivity contribution >= 4 is 11.6 Å². The van der Waals surface area contributed by atoms with Gasteiger partial charge in [-0.1, -0.05) is 54.6 Å². The van der Waals surface area contributed by atoms with E-state index in [-0.39, 0.29) is 11.5 Å². The van der Waals surface area contributed by atoms with Crippen molar-refractivity contribution < 1.29 is 10.2 Å². The van der Waals surface area contributed by atoms with Crippen LogP contribution in [0.1, 0.15) is 27.8 Å². The van der Waals surface area contributed by atoms with Gasteiger partial charge in [-0.15, -0.1) is 0 Å². The minimum atomic E-state index is -0.0983. The molecule has 24 heavy (non-hydrogen) atoms. The van der Waals surface area contributed by atoms with Gasteiger partial charge in [0.05, 0.1) is 0 Å². The lowest BCUT2D eigenvalue weighted by molar-refractivity contribution is 0.403. The molecule has 0 saturated carbocycles. The summed E-state index contributed by atoms with van der Waals surface area (Å²) < 4.78 is 0. The largest absolute Gasteiger partial charge is 0.504 e. The maximum atomic E-state index is 9.80. The third-order valence-corrected chi connectivity index (χ3v) is 4.59. The quantitative estimate of drug-likeness (QED) is 0.634. The summed E-state index contributed by atoms with van der Waals surface area (Å²) in [7, 11) is 0. The van der Waals surface area contributed by atoms with E-state index >= 15 is 0 Å². The Hall–Kier alpha value is -3.00. The summed E-state index contributed by atoms with van der Waals surface area (Å²) in [5.41, 5.74) is 7.16. The molecule has 0 fully saturated rings. The summed E-state index contributed by atoms with van der Waals surface area (Å²) in [6, 6.07) is 21.9. The fourth-order valence-electron chi connectivity index (χ4n) is 3.37. The van der Waals surface area contributed by atoms with Gasteiger partial charge < -0.3 is 10.2 Å². The molecule has 0 radical (unpaired) electrons. The number of hydrogen-bond acceptors (Lipinski definition) is 2. The second-order valence-electron chi connectivity index (χ2n) is 6.12. The summed E-state index contributed by atoms with van der Waals surface area (Å²) in [5, 5.41) is 19.3. The molecule has 0 saturated heterocycles. The van der Waals surface area contributed by atoms with Crippen LogP contribution in [0, 0.1) is 0 Å². The zero-order valence-electron chi connectivity index (χ0n) is 13.2. The zero-order valence-corrected chi connectivity index (χ0v) is 13.2. The topological polar surface area (TPSA) is 40.5 Å². The van der Waals surface area contributed by atoms with Gasteiger partial charge in [0.25, 0.3) is 0 Å². The van der Waals surface area contributed by atoms with Gasteiger partial charge in [0.2, 0.25) is 0 Å². The Balaban J connectivity index is 1.95. The van der Waals surface area contributed by atoms with E-state index in [1.54, 1.807) is 6.07 Å². The molecule has 0 unspecified atom stereocenters. The van der Waals surface area contributed by atoms with Crippen molar-refractivity contribution in [1.82, 2.24) is 0 Å². The first-order valence-electron chi connectivity index (χ1n) is 8.12. The van der Waals surface area contributed by atoms with E-state index in [0.717, 1.165) is 24.0 Å². The predicted octanol–water partition coefficient (Wildman–Crippen LogP) is 4.79. The number of hydrogen-bond donors (Lipinski definition) is 2. The van der Waals surface area contributed by atoms with Crippen LogP contribution in [0.25, 0.3) is 11.6 Å². The minimum Gasteiger partial charge on any atom is -0.504 e. The number of phenols is 2. The first-order valence-corrected chi connectivity index (χ1v) is 8.12. The number of rotatable bonds is 1. The van der Waals surface area contributed by atoms with Crippen LogP contribution in [0.5, 0.6) is 11.5 Å². The molecule has 0 amide bonds. The van der Waals surface area contributed by atoms with E-state index in [1.165, 1.54) is 28.3 Å². The van der Waals surface area contributed by atoms with Crippen LogP contribution in [0.4, 0.5) is 0 Å². The van der Waals surface area contributed by atoms with Gasteiger partial charge in [0.15, 0.2) is 11.5 Å². The summed E-state index contributed by atoms with van der Waals surface area (Å²) in [6.07, 6.45) is 4.12. The van der Waals surface area contributed by atoms with E-state index in [1.807, 2.05) is 6.07 Å². The molecule has 0 aromatic heterocycles. The molecule has 2 heteroatoms. The van der Waals surface area contributed by atoms with Crippen molar-refractivity contribution in [2.45, 2.75) is 12.8 Å². The highest BCUT2D eigenvalue weighted by atomic mass is 16.3. The Labute approximate surface area is 141 Å².